The molecule has 3 aliphatic rings. The Morgan fingerprint density at radius 1 is 0.938 bits per heavy atom. The van der Waals surface area contributed by atoms with Gasteiger partial charge in [0.1, 0.15) is 12.2 Å². The van der Waals surface area contributed by atoms with Crippen LogP contribution in [0.3, 0.4) is 0 Å². The zero-order chi connectivity index (χ0) is 21.9. The van der Waals surface area contributed by atoms with Gasteiger partial charge in [-0.25, -0.2) is 0 Å². The van der Waals surface area contributed by atoms with Crippen molar-refractivity contribution in [2.24, 2.45) is 0 Å². The van der Waals surface area contributed by atoms with Crippen molar-refractivity contribution in [2.45, 2.75) is 31.0 Å². The fraction of sp³-hybridized carbons (Fsp3) is 0.348. The van der Waals surface area contributed by atoms with Gasteiger partial charge >= 0.3 is 6.01 Å². The molecule has 0 bridgehead atoms. The number of carboxylic acid groups (broad SMARTS) is 1. The molecule has 0 amide bonds. The Hall–Kier alpha value is -3.59. The molecular weight excluding hydrogens is 414 g/mol. The van der Waals surface area contributed by atoms with Crippen molar-refractivity contribution in [3.63, 3.8) is 0 Å². The molecule has 3 heterocycles. The average molecular weight is 437 g/mol. The number of fused-ring (bicyclic) bond motifs is 1. The number of hydrogen-bond acceptors (Lipinski definition) is 8. The summed E-state index contributed by atoms with van der Waals surface area (Å²) in [6.07, 6.45) is 2.02. The zero-order valence-electron chi connectivity index (χ0n) is 17.3. The van der Waals surface area contributed by atoms with E-state index in [4.69, 9.17) is 28.5 Å². The number of morpholine rings is 1. The van der Waals surface area contributed by atoms with Gasteiger partial charge < -0.3 is 28.6 Å². The van der Waals surface area contributed by atoms with E-state index in [9.17, 15) is 0 Å². The summed E-state index contributed by atoms with van der Waals surface area (Å²) in [5.41, 5.74) is 2.17. The number of rotatable bonds is 4. The van der Waals surface area contributed by atoms with Gasteiger partial charge in [-0.05, 0) is 36.1 Å². The Labute approximate surface area is 184 Å². The van der Waals surface area contributed by atoms with Crippen LogP contribution in [0.5, 0.6) is 11.5 Å². The van der Waals surface area contributed by atoms with Gasteiger partial charge in [0.05, 0.1) is 13.1 Å². The lowest BCUT2D eigenvalue weighted by Crippen LogP contribution is -2.40. The quantitative estimate of drug-likeness (QED) is 0.611. The average Bonchev–Trinajstić information content (AvgIpc) is 3.37. The Bertz CT molecular complexity index is 1070. The third kappa shape index (κ3) is 4.24. The molecule has 2 aliphatic heterocycles. The highest BCUT2D eigenvalue weighted by Gasteiger charge is 2.35. The monoisotopic (exact) mass is 437 g/mol. The van der Waals surface area contributed by atoms with E-state index in [0.29, 0.717) is 25.0 Å². The van der Waals surface area contributed by atoms with Crippen molar-refractivity contribution in [1.29, 1.82) is 0 Å². The van der Waals surface area contributed by atoms with Crippen molar-refractivity contribution in [1.82, 2.24) is 10.2 Å². The predicted molar refractivity (Wildman–Crippen MR) is 113 cm³/mol. The predicted octanol–water partition coefficient (Wildman–Crippen LogP) is 3.70. The van der Waals surface area contributed by atoms with Crippen molar-refractivity contribution >= 4 is 12.5 Å². The van der Waals surface area contributed by atoms with Gasteiger partial charge in [-0.3, -0.25) is 4.79 Å². The van der Waals surface area contributed by atoms with Crippen LogP contribution in [-0.2, 0) is 9.53 Å². The van der Waals surface area contributed by atoms with Crippen LogP contribution in [0, 0.1) is 0 Å². The maximum absolute atomic E-state index is 8.36. The van der Waals surface area contributed by atoms with Crippen molar-refractivity contribution in [2.75, 3.05) is 24.8 Å². The second kappa shape index (κ2) is 8.88. The number of nitrogens with zero attached hydrogens (tertiary/aromatic N) is 3. The largest absolute Gasteiger partial charge is 0.483 e. The maximum atomic E-state index is 8.36. The smallest absolute Gasteiger partial charge is 0.318 e. The molecule has 2 fully saturated rings. The number of anilines is 1. The lowest BCUT2D eigenvalue weighted by molar-refractivity contribution is -0.122. The molecule has 1 aliphatic carbocycles. The highest BCUT2D eigenvalue weighted by atomic mass is 16.7. The molecule has 0 unspecified atom stereocenters. The van der Waals surface area contributed by atoms with E-state index in [1.165, 1.54) is 0 Å². The third-order valence-corrected chi connectivity index (χ3v) is 5.67. The fourth-order valence-electron chi connectivity index (χ4n) is 3.91. The lowest BCUT2D eigenvalue weighted by atomic mass is 10.0. The van der Waals surface area contributed by atoms with Crippen LogP contribution in [0.4, 0.5) is 6.01 Å². The summed E-state index contributed by atoms with van der Waals surface area (Å²) in [5, 5.41) is 15.5. The standard InChI is InChI=1S/C22H21N3O4.CH2O2/c1-2-4-14(5-3-1)19-11-25(22-24-23-21(29-22)15-6-7-15)12-20(28-19)16-8-9-17-18(10-16)27-13-26-17;2-1-3/h1-5,8-10,15,19-20H,6-7,11-13H2;1H,(H,2,3)/t19-,20+;/m0./s1. The first-order valence-corrected chi connectivity index (χ1v) is 10.5. The molecule has 6 rings (SSSR count). The van der Waals surface area contributed by atoms with E-state index in [-0.39, 0.29) is 25.5 Å². The molecule has 32 heavy (non-hydrogen) atoms. The Kier molecular flexibility index (Phi) is 5.64. The minimum absolute atomic E-state index is 0.100. The van der Waals surface area contributed by atoms with Crippen molar-refractivity contribution in [3.05, 3.63) is 65.5 Å². The second-order valence-corrected chi connectivity index (χ2v) is 7.84. The molecule has 1 aromatic heterocycles. The number of aromatic nitrogens is 2. The summed E-state index contributed by atoms with van der Waals surface area (Å²) in [4.78, 5) is 10.5. The molecule has 2 atom stereocenters. The maximum Gasteiger partial charge on any atom is 0.318 e. The van der Waals surface area contributed by atoms with Gasteiger partial charge in [0.2, 0.25) is 12.7 Å². The van der Waals surface area contributed by atoms with Crippen LogP contribution in [-0.4, -0.2) is 41.7 Å². The zero-order valence-corrected chi connectivity index (χ0v) is 17.3. The van der Waals surface area contributed by atoms with E-state index in [1.54, 1.807) is 0 Å². The summed E-state index contributed by atoms with van der Waals surface area (Å²) >= 11 is 0. The van der Waals surface area contributed by atoms with Crippen LogP contribution >= 0.6 is 0 Å². The molecule has 9 heteroatoms. The molecule has 3 aromatic rings. The Morgan fingerprint density at radius 2 is 1.66 bits per heavy atom. The molecule has 0 spiro atoms. The summed E-state index contributed by atoms with van der Waals surface area (Å²) in [7, 11) is 0. The van der Waals surface area contributed by atoms with E-state index < -0.39 is 0 Å². The van der Waals surface area contributed by atoms with E-state index in [2.05, 4.69) is 27.2 Å². The summed E-state index contributed by atoms with van der Waals surface area (Å²) in [5.74, 6) is 2.72. The van der Waals surface area contributed by atoms with E-state index in [1.807, 2.05) is 36.4 Å². The van der Waals surface area contributed by atoms with Gasteiger partial charge in [-0.2, -0.15) is 0 Å². The van der Waals surface area contributed by atoms with Crippen molar-refractivity contribution in [3.8, 4) is 11.5 Å². The van der Waals surface area contributed by atoms with Crippen LogP contribution < -0.4 is 14.4 Å². The van der Waals surface area contributed by atoms with E-state index in [0.717, 1.165) is 41.4 Å². The third-order valence-electron chi connectivity index (χ3n) is 5.67. The van der Waals surface area contributed by atoms with Crippen LogP contribution in [0.1, 0.15) is 48.0 Å². The fourth-order valence-corrected chi connectivity index (χ4v) is 3.91. The Balaban J connectivity index is 0.000000684. The number of benzene rings is 2. The van der Waals surface area contributed by atoms with Gasteiger partial charge in [-0.1, -0.05) is 41.5 Å². The van der Waals surface area contributed by atoms with Gasteiger partial charge in [0.15, 0.2) is 11.5 Å². The minimum atomic E-state index is -0.250. The first-order valence-electron chi connectivity index (χ1n) is 10.5. The minimum Gasteiger partial charge on any atom is -0.483 e. The van der Waals surface area contributed by atoms with E-state index >= 15 is 0 Å². The van der Waals surface area contributed by atoms with Gasteiger partial charge in [0, 0.05) is 5.92 Å². The van der Waals surface area contributed by atoms with Gasteiger partial charge in [0.25, 0.3) is 6.47 Å². The SMILES string of the molecule is O=CO.c1ccc([C@@H]2CN(c3nnc(C4CC4)o3)C[C@H](c3ccc4c(c3)OCO4)O2)cc1. The normalized spacial score (nSPS) is 21.6. The highest BCUT2D eigenvalue weighted by Crippen LogP contribution is 2.42. The molecule has 0 radical (unpaired) electrons. The highest BCUT2D eigenvalue weighted by molar-refractivity contribution is 5.46. The molecule has 166 valence electrons. The van der Waals surface area contributed by atoms with Crippen LogP contribution in [0.15, 0.2) is 52.9 Å². The molecule has 2 aromatic carbocycles. The van der Waals surface area contributed by atoms with Gasteiger partial charge in [-0.15, -0.1) is 5.10 Å². The summed E-state index contributed by atoms with van der Waals surface area (Å²) < 4.78 is 23.5. The number of hydrogen-bond donors (Lipinski definition) is 1. The van der Waals surface area contributed by atoms with Crippen LogP contribution in [0.2, 0.25) is 0 Å². The molecular formula is C23H23N3O6. The molecule has 9 nitrogen and oxygen atoms in total. The summed E-state index contributed by atoms with van der Waals surface area (Å²) in [6.45, 7) is 1.31. The first kappa shape index (κ1) is 20.3. The molecule has 1 saturated heterocycles. The number of carbonyl (C=O) groups is 1. The Morgan fingerprint density at radius 3 is 2.41 bits per heavy atom. The molecule has 1 N–H and O–H groups in total. The topological polar surface area (TPSA) is 107 Å². The summed E-state index contributed by atoms with van der Waals surface area (Å²) in [6, 6.07) is 16.8. The lowest BCUT2D eigenvalue weighted by Gasteiger charge is -2.37. The number of ether oxygens (including phenoxy) is 3. The first-order chi connectivity index (χ1) is 15.7. The van der Waals surface area contributed by atoms with Crippen LogP contribution in [0.25, 0.3) is 0 Å². The second-order valence-electron chi connectivity index (χ2n) is 7.84. The molecule has 1 saturated carbocycles. The van der Waals surface area contributed by atoms with Crippen molar-refractivity contribution < 1.29 is 28.5 Å².